The molecule has 1 heterocycles. The number of ether oxygens (including phenoxy) is 1. The lowest BCUT2D eigenvalue weighted by atomic mass is 10.0. The van der Waals surface area contributed by atoms with Gasteiger partial charge in [0.1, 0.15) is 11.9 Å². The number of carbonyl (C=O) groups excluding carboxylic acids is 3. The van der Waals surface area contributed by atoms with Crippen molar-refractivity contribution in [1.29, 1.82) is 0 Å². The first kappa shape index (κ1) is 26.6. The van der Waals surface area contributed by atoms with Crippen molar-refractivity contribution in [1.82, 2.24) is 10.3 Å². The van der Waals surface area contributed by atoms with Crippen LogP contribution in [0.3, 0.4) is 0 Å². The summed E-state index contributed by atoms with van der Waals surface area (Å²) in [4.78, 5) is 45.2. The largest absolute Gasteiger partial charge is 0.383 e. The summed E-state index contributed by atoms with van der Waals surface area (Å²) in [5.41, 5.74) is 3.23. The minimum Gasteiger partial charge on any atom is -0.383 e. The summed E-state index contributed by atoms with van der Waals surface area (Å²) in [6.07, 6.45) is 1.44. The molecule has 0 aliphatic heterocycles. The van der Waals surface area contributed by atoms with E-state index in [1.54, 1.807) is 37.6 Å². The molecule has 36 heavy (non-hydrogen) atoms. The Balaban J connectivity index is 1.90. The van der Waals surface area contributed by atoms with E-state index in [0.717, 1.165) is 11.1 Å². The van der Waals surface area contributed by atoms with Gasteiger partial charge in [0.15, 0.2) is 0 Å². The number of pyridine rings is 1. The second-order valence-electron chi connectivity index (χ2n) is 8.46. The van der Waals surface area contributed by atoms with Crippen molar-refractivity contribution in [3.05, 3.63) is 89.6 Å². The average Bonchev–Trinajstić information content (AvgIpc) is 2.87. The van der Waals surface area contributed by atoms with E-state index in [-0.39, 0.29) is 30.6 Å². The molecule has 2 N–H and O–H groups in total. The predicted molar refractivity (Wildman–Crippen MR) is 140 cm³/mol. The van der Waals surface area contributed by atoms with Crippen LogP contribution in [0.25, 0.3) is 0 Å². The van der Waals surface area contributed by atoms with Crippen LogP contribution in [0.1, 0.15) is 35.6 Å². The van der Waals surface area contributed by atoms with Crippen LogP contribution in [0.4, 0.5) is 11.5 Å². The van der Waals surface area contributed by atoms with Crippen LogP contribution < -0.4 is 15.5 Å². The third kappa shape index (κ3) is 7.48. The van der Waals surface area contributed by atoms with Crippen LogP contribution in [0, 0.1) is 13.8 Å². The third-order valence-corrected chi connectivity index (χ3v) is 5.55. The molecular formula is C28H32N4O4. The summed E-state index contributed by atoms with van der Waals surface area (Å²) in [6.45, 7) is 4.53. The quantitative estimate of drug-likeness (QED) is 0.398. The van der Waals surface area contributed by atoms with Crippen molar-refractivity contribution in [3.8, 4) is 0 Å². The fourth-order valence-electron chi connectivity index (χ4n) is 3.74. The van der Waals surface area contributed by atoms with Crippen LogP contribution in [-0.4, -0.2) is 43.0 Å². The van der Waals surface area contributed by atoms with E-state index in [0.29, 0.717) is 30.2 Å². The van der Waals surface area contributed by atoms with Gasteiger partial charge in [-0.3, -0.25) is 19.3 Å². The van der Waals surface area contributed by atoms with E-state index in [2.05, 4.69) is 15.6 Å². The molecule has 0 radical (unpaired) electrons. The number of nitrogens with one attached hydrogen (secondary N) is 2. The molecule has 8 nitrogen and oxygen atoms in total. The van der Waals surface area contributed by atoms with Gasteiger partial charge in [-0.05, 0) is 49.2 Å². The van der Waals surface area contributed by atoms with Gasteiger partial charge in [-0.2, -0.15) is 0 Å². The number of aromatic nitrogens is 1. The molecule has 0 bridgehead atoms. The number of amides is 3. The second-order valence-corrected chi connectivity index (χ2v) is 8.46. The van der Waals surface area contributed by atoms with Gasteiger partial charge < -0.3 is 15.4 Å². The third-order valence-electron chi connectivity index (χ3n) is 5.55. The number of methoxy groups -OCH3 is 1. The molecule has 3 amide bonds. The number of hydrogen-bond acceptors (Lipinski definition) is 5. The Morgan fingerprint density at radius 3 is 2.39 bits per heavy atom. The number of aryl methyl sites for hydroxylation is 2. The maximum atomic E-state index is 13.7. The van der Waals surface area contributed by atoms with Gasteiger partial charge in [-0.25, -0.2) is 4.98 Å². The van der Waals surface area contributed by atoms with Gasteiger partial charge >= 0.3 is 0 Å². The summed E-state index contributed by atoms with van der Waals surface area (Å²) in [5, 5.41) is 5.56. The standard InChI is InChI=1S/C28H32N4O4/c1-20-10-12-22(13-11-20)27(28(35)30-17-18-36-3)32(23-8-6-7-21(2)19-23)26(34)15-14-25(33)31-24-9-4-5-16-29-24/h4-13,16,19,27H,14-15,17-18H2,1-3H3,(H,30,35)(H,29,31,33)/t27-/m1/s1. The Hall–Kier alpha value is -4.04. The van der Waals surface area contributed by atoms with Crippen molar-refractivity contribution < 1.29 is 19.1 Å². The highest BCUT2D eigenvalue weighted by molar-refractivity contribution is 6.03. The fraction of sp³-hybridized carbons (Fsp3) is 0.286. The molecule has 3 aromatic rings. The van der Waals surface area contributed by atoms with Crippen LogP contribution in [0.2, 0.25) is 0 Å². The maximum Gasteiger partial charge on any atom is 0.247 e. The van der Waals surface area contributed by atoms with Crippen LogP contribution >= 0.6 is 0 Å². The highest BCUT2D eigenvalue weighted by Gasteiger charge is 2.32. The first-order chi connectivity index (χ1) is 17.4. The van der Waals surface area contributed by atoms with Crippen LogP contribution in [0.5, 0.6) is 0 Å². The Labute approximate surface area is 211 Å². The summed E-state index contributed by atoms with van der Waals surface area (Å²) in [7, 11) is 1.56. The van der Waals surface area contributed by atoms with Gasteiger partial charge in [0, 0.05) is 38.4 Å². The molecule has 0 aliphatic carbocycles. The molecule has 1 aromatic heterocycles. The SMILES string of the molecule is COCCNC(=O)[C@@H](c1ccc(C)cc1)N(C(=O)CCC(=O)Nc1ccccn1)c1cccc(C)c1. The van der Waals surface area contributed by atoms with Crippen LogP contribution in [-0.2, 0) is 19.1 Å². The number of anilines is 2. The molecule has 8 heteroatoms. The van der Waals surface area contributed by atoms with E-state index in [4.69, 9.17) is 4.74 Å². The van der Waals surface area contributed by atoms with E-state index >= 15 is 0 Å². The monoisotopic (exact) mass is 488 g/mol. The molecule has 0 unspecified atom stereocenters. The van der Waals surface area contributed by atoms with Gasteiger partial charge in [0.2, 0.25) is 17.7 Å². The minimum absolute atomic E-state index is 0.0519. The van der Waals surface area contributed by atoms with E-state index < -0.39 is 6.04 Å². The van der Waals surface area contributed by atoms with Crippen molar-refractivity contribution >= 4 is 29.2 Å². The van der Waals surface area contributed by atoms with Gasteiger partial charge in [0.05, 0.1) is 6.61 Å². The molecule has 1 atom stereocenters. The lowest BCUT2D eigenvalue weighted by Gasteiger charge is -2.32. The number of rotatable bonds is 11. The van der Waals surface area contributed by atoms with Crippen molar-refractivity contribution in [2.75, 3.05) is 30.5 Å². The normalized spacial score (nSPS) is 11.4. The van der Waals surface area contributed by atoms with E-state index in [9.17, 15) is 14.4 Å². The molecule has 0 aliphatic rings. The van der Waals surface area contributed by atoms with Gasteiger partial charge in [-0.15, -0.1) is 0 Å². The smallest absolute Gasteiger partial charge is 0.247 e. The first-order valence-corrected chi connectivity index (χ1v) is 11.8. The van der Waals surface area contributed by atoms with E-state index in [1.165, 1.54) is 4.90 Å². The van der Waals surface area contributed by atoms with Gasteiger partial charge in [0.25, 0.3) is 0 Å². The average molecular weight is 489 g/mol. The topological polar surface area (TPSA) is 101 Å². The summed E-state index contributed by atoms with van der Waals surface area (Å²) in [5.74, 6) is -0.587. The fourth-order valence-corrected chi connectivity index (χ4v) is 3.74. The zero-order valence-electron chi connectivity index (χ0n) is 20.9. The summed E-state index contributed by atoms with van der Waals surface area (Å²) in [6, 6.07) is 19.2. The zero-order valence-corrected chi connectivity index (χ0v) is 20.9. The Morgan fingerprint density at radius 2 is 1.72 bits per heavy atom. The first-order valence-electron chi connectivity index (χ1n) is 11.8. The molecule has 0 spiro atoms. The van der Waals surface area contributed by atoms with Crippen molar-refractivity contribution in [2.45, 2.75) is 32.7 Å². The highest BCUT2D eigenvalue weighted by Crippen LogP contribution is 2.30. The summed E-state index contributed by atoms with van der Waals surface area (Å²) < 4.78 is 5.07. The molecule has 3 rings (SSSR count). The summed E-state index contributed by atoms with van der Waals surface area (Å²) >= 11 is 0. The number of nitrogens with zero attached hydrogens (tertiary/aromatic N) is 2. The lowest BCUT2D eigenvalue weighted by Crippen LogP contribution is -2.45. The van der Waals surface area contributed by atoms with Crippen LogP contribution in [0.15, 0.2) is 72.9 Å². The molecular weight excluding hydrogens is 456 g/mol. The number of hydrogen-bond donors (Lipinski definition) is 2. The van der Waals surface area contributed by atoms with Crippen molar-refractivity contribution in [2.24, 2.45) is 0 Å². The highest BCUT2D eigenvalue weighted by atomic mass is 16.5. The minimum atomic E-state index is -0.921. The molecule has 2 aromatic carbocycles. The zero-order chi connectivity index (χ0) is 25.9. The van der Waals surface area contributed by atoms with E-state index in [1.807, 2.05) is 56.3 Å². The molecule has 188 valence electrons. The number of carbonyl (C=O) groups is 3. The molecule has 0 saturated heterocycles. The predicted octanol–water partition coefficient (Wildman–Crippen LogP) is 3.95. The van der Waals surface area contributed by atoms with Crippen molar-refractivity contribution in [3.63, 3.8) is 0 Å². The molecule has 0 saturated carbocycles. The maximum absolute atomic E-state index is 13.7. The Morgan fingerprint density at radius 1 is 0.944 bits per heavy atom. The lowest BCUT2D eigenvalue weighted by molar-refractivity contribution is -0.127. The van der Waals surface area contributed by atoms with Gasteiger partial charge in [-0.1, -0.05) is 48.0 Å². The Bertz CT molecular complexity index is 1170. The second kappa shape index (κ2) is 13.2. The number of benzene rings is 2. The Kier molecular flexibility index (Phi) is 9.71. The molecule has 0 fully saturated rings.